The molecule has 21 heavy (non-hydrogen) atoms. The fraction of sp³-hybridized carbons (Fsp3) is 0.333. The highest BCUT2D eigenvalue weighted by atomic mass is 35.5. The Kier molecular flexibility index (Phi) is 4.67. The van der Waals surface area contributed by atoms with E-state index in [4.69, 9.17) is 11.6 Å². The van der Waals surface area contributed by atoms with Gasteiger partial charge in [-0.05, 0) is 40.7 Å². The van der Waals surface area contributed by atoms with E-state index in [9.17, 15) is 8.78 Å². The van der Waals surface area contributed by atoms with Crippen molar-refractivity contribution >= 4 is 11.6 Å². The number of rotatable bonds is 3. The van der Waals surface area contributed by atoms with Crippen LogP contribution in [-0.4, -0.2) is 0 Å². The van der Waals surface area contributed by atoms with Crippen LogP contribution in [0.1, 0.15) is 42.8 Å². The van der Waals surface area contributed by atoms with Crippen LogP contribution in [0.15, 0.2) is 42.5 Å². The molecule has 0 aliphatic rings. The Morgan fingerprint density at radius 1 is 1.00 bits per heavy atom. The summed E-state index contributed by atoms with van der Waals surface area (Å²) < 4.78 is 26.3. The Labute approximate surface area is 129 Å². The Morgan fingerprint density at radius 3 is 2.29 bits per heavy atom. The van der Waals surface area contributed by atoms with Crippen molar-refractivity contribution in [3.05, 3.63) is 70.8 Å². The predicted octanol–water partition coefficient (Wildman–Crippen LogP) is 5.78. The number of hydrogen-bond donors (Lipinski definition) is 0. The molecule has 1 atom stereocenters. The van der Waals surface area contributed by atoms with Gasteiger partial charge in [0.1, 0.15) is 0 Å². The van der Waals surface area contributed by atoms with Gasteiger partial charge in [-0.2, -0.15) is 0 Å². The molecule has 0 aromatic heterocycles. The van der Waals surface area contributed by atoms with Crippen LogP contribution in [0, 0.1) is 11.6 Å². The first-order valence-corrected chi connectivity index (χ1v) is 7.40. The maximum atomic E-state index is 13.3. The van der Waals surface area contributed by atoms with Gasteiger partial charge in [0.2, 0.25) is 0 Å². The standard InChI is InChI=1S/C18H19ClF2/c1-18(2,3)14-7-5-4-6-13(14)15(19)10-12-8-9-16(20)17(21)11-12/h4-9,11,15H,10H2,1-3H3. The van der Waals surface area contributed by atoms with Crippen molar-refractivity contribution in [3.63, 3.8) is 0 Å². The van der Waals surface area contributed by atoms with Gasteiger partial charge in [-0.3, -0.25) is 0 Å². The topological polar surface area (TPSA) is 0 Å². The first kappa shape index (κ1) is 16.0. The summed E-state index contributed by atoms with van der Waals surface area (Å²) in [6.07, 6.45) is 0.464. The molecule has 2 rings (SSSR count). The smallest absolute Gasteiger partial charge is 0.159 e. The van der Waals surface area contributed by atoms with Crippen LogP contribution in [-0.2, 0) is 11.8 Å². The van der Waals surface area contributed by atoms with Crippen LogP contribution in [0.4, 0.5) is 8.78 Å². The fourth-order valence-electron chi connectivity index (χ4n) is 2.44. The van der Waals surface area contributed by atoms with E-state index in [0.717, 1.165) is 11.6 Å². The molecule has 2 aromatic carbocycles. The summed E-state index contributed by atoms with van der Waals surface area (Å²) in [5, 5.41) is -0.273. The van der Waals surface area contributed by atoms with Crippen LogP contribution in [0.5, 0.6) is 0 Å². The lowest BCUT2D eigenvalue weighted by Gasteiger charge is -2.25. The first-order valence-electron chi connectivity index (χ1n) is 6.96. The van der Waals surface area contributed by atoms with Crippen molar-refractivity contribution in [2.24, 2.45) is 0 Å². The van der Waals surface area contributed by atoms with E-state index in [1.165, 1.54) is 11.6 Å². The minimum absolute atomic E-state index is 0.0161. The average molecular weight is 309 g/mol. The van der Waals surface area contributed by atoms with Gasteiger partial charge in [0.25, 0.3) is 0 Å². The molecule has 0 saturated heterocycles. The van der Waals surface area contributed by atoms with E-state index in [-0.39, 0.29) is 10.8 Å². The number of alkyl halides is 1. The summed E-state index contributed by atoms with van der Waals surface area (Å²) in [4.78, 5) is 0. The SMILES string of the molecule is CC(C)(C)c1ccccc1C(Cl)Cc1ccc(F)c(F)c1. The van der Waals surface area contributed by atoms with Crippen LogP contribution >= 0.6 is 11.6 Å². The van der Waals surface area contributed by atoms with Gasteiger partial charge in [0, 0.05) is 0 Å². The largest absolute Gasteiger partial charge is 0.204 e. The van der Waals surface area contributed by atoms with Gasteiger partial charge in [-0.15, -0.1) is 11.6 Å². The molecule has 0 N–H and O–H groups in total. The number of halogens is 3. The molecular weight excluding hydrogens is 290 g/mol. The second kappa shape index (κ2) is 6.15. The van der Waals surface area contributed by atoms with Gasteiger partial charge in [0.15, 0.2) is 11.6 Å². The molecule has 1 unspecified atom stereocenters. The minimum atomic E-state index is -0.833. The maximum Gasteiger partial charge on any atom is 0.159 e. The molecule has 2 aromatic rings. The molecule has 0 amide bonds. The average Bonchev–Trinajstić information content (AvgIpc) is 2.42. The zero-order chi connectivity index (χ0) is 15.6. The Bertz CT molecular complexity index is 629. The second-order valence-corrected chi connectivity index (χ2v) is 6.78. The molecule has 3 heteroatoms. The quantitative estimate of drug-likeness (QED) is 0.630. The molecular formula is C18H19ClF2. The van der Waals surface area contributed by atoms with Gasteiger partial charge in [-0.1, -0.05) is 51.1 Å². The van der Waals surface area contributed by atoms with E-state index in [0.29, 0.717) is 12.0 Å². The Morgan fingerprint density at radius 2 is 1.67 bits per heavy atom. The molecule has 0 radical (unpaired) electrons. The van der Waals surface area contributed by atoms with Crippen LogP contribution in [0.2, 0.25) is 0 Å². The third-order valence-corrected chi connectivity index (χ3v) is 3.89. The zero-order valence-corrected chi connectivity index (χ0v) is 13.2. The lowest BCUT2D eigenvalue weighted by molar-refractivity contribution is 0.507. The molecule has 0 aliphatic carbocycles. The summed E-state index contributed by atoms with van der Waals surface area (Å²) in [6, 6.07) is 11.9. The second-order valence-electron chi connectivity index (χ2n) is 6.26. The first-order chi connectivity index (χ1) is 9.79. The molecule has 0 heterocycles. The van der Waals surface area contributed by atoms with Crippen molar-refractivity contribution in [1.82, 2.24) is 0 Å². The molecule has 112 valence electrons. The van der Waals surface area contributed by atoms with Crippen LogP contribution in [0.25, 0.3) is 0 Å². The summed E-state index contributed by atoms with van der Waals surface area (Å²) in [5.74, 6) is -1.67. The van der Waals surface area contributed by atoms with E-state index in [1.807, 2.05) is 18.2 Å². The van der Waals surface area contributed by atoms with E-state index in [1.54, 1.807) is 6.07 Å². The van der Waals surface area contributed by atoms with E-state index < -0.39 is 11.6 Å². The maximum absolute atomic E-state index is 13.3. The molecule has 0 spiro atoms. The van der Waals surface area contributed by atoms with Gasteiger partial charge >= 0.3 is 0 Å². The molecule has 0 aliphatic heterocycles. The molecule has 0 nitrogen and oxygen atoms in total. The zero-order valence-electron chi connectivity index (χ0n) is 12.5. The van der Waals surface area contributed by atoms with Crippen LogP contribution in [0.3, 0.4) is 0 Å². The lowest BCUT2D eigenvalue weighted by atomic mass is 9.82. The highest BCUT2D eigenvalue weighted by molar-refractivity contribution is 6.21. The van der Waals surface area contributed by atoms with Crippen molar-refractivity contribution in [1.29, 1.82) is 0 Å². The highest BCUT2D eigenvalue weighted by Crippen LogP contribution is 2.34. The fourth-order valence-corrected chi connectivity index (χ4v) is 2.81. The number of hydrogen-bond acceptors (Lipinski definition) is 0. The lowest BCUT2D eigenvalue weighted by Crippen LogP contribution is -2.15. The Balaban J connectivity index is 2.28. The summed E-state index contributed by atoms with van der Waals surface area (Å²) in [6.45, 7) is 6.40. The summed E-state index contributed by atoms with van der Waals surface area (Å²) in [5.41, 5.74) is 2.89. The van der Waals surface area contributed by atoms with Gasteiger partial charge < -0.3 is 0 Å². The van der Waals surface area contributed by atoms with E-state index >= 15 is 0 Å². The van der Waals surface area contributed by atoms with Crippen molar-refractivity contribution in [3.8, 4) is 0 Å². The monoisotopic (exact) mass is 308 g/mol. The minimum Gasteiger partial charge on any atom is -0.204 e. The third-order valence-electron chi connectivity index (χ3n) is 3.51. The van der Waals surface area contributed by atoms with Gasteiger partial charge in [0.05, 0.1) is 5.38 Å². The molecule has 0 saturated carbocycles. The molecule has 0 bridgehead atoms. The number of benzene rings is 2. The highest BCUT2D eigenvalue weighted by Gasteiger charge is 2.21. The predicted molar refractivity (Wildman–Crippen MR) is 83.8 cm³/mol. The van der Waals surface area contributed by atoms with Crippen molar-refractivity contribution in [2.75, 3.05) is 0 Å². The molecule has 0 fully saturated rings. The summed E-state index contributed by atoms with van der Waals surface area (Å²) in [7, 11) is 0. The normalized spacial score (nSPS) is 13.2. The van der Waals surface area contributed by atoms with Crippen LogP contribution < -0.4 is 0 Å². The van der Waals surface area contributed by atoms with Crippen molar-refractivity contribution < 1.29 is 8.78 Å². The van der Waals surface area contributed by atoms with Gasteiger partial charge in [-0.25, -0.2) is 8.78 Å². The van der Waals surface area contributed by atoms with E-state index in [2.05, 4.69) is 26.8 Å². The summed E-state index contributed by atoms with van der Waals surface area (Å²) >= 11 is 6.53. The third kappa shape index (κ3) is 3.82. The van der Waals surface area contributed by atoms with Crippen molar-refractivity contribution in [2.45, 2.75) is 38.0 Å². The Hall–Kier alpha value is -1.41.